The van der Waals surface area contributed by atoms with Crippen molar-refractivity contribution in [1.82, 2.24) is 4.90 Å². The van der Waals surface area contributed by atoms with Crippen LogP contribution in [-0.2, 0) is 0 Å². The van der Waals surface area contributed by atoms with Crippen LogP contribution in [0.3, 0.4) is 0 Å². The van der Waals surface area contributed by atoms with Crippen LogP contribution < -0.4 is 0 Å². The van der Waals surface area contributed by atoms with Crippen molar-refractivity contribution < 1.29 is 0 Å². The molecule has 0 saturated carbocycles. The summed E-state index contributed by atoms with van der Waals surface area (Å²) in [6.45, 7) is 7.13. The van der Waals surface area contributed by atoms with Gasteiger partial charge in [0.15, 0.2) is 0 Å². The molecule has 1 fully saturated rings. The standard InChI is InChI=1S/C13H25N/c1-3-5-10-13(9-4-2)14-11-7-6-8-12-14/h9H,3-8,10-12H2,1-2H3. The Bertz CT molecular complexity index is 166. The minimum absolute atomic E-state index is 1.19. The summed E-state index contributed by atoms with van der Waals surface area (Å²) in [6, 6.07) is 0. The average Bonchev–Trinajstić information content (AvgIpc) is 2.25. The monoisotopic (exact) mass is 195 g/mol. The smallest absolute Gasteiger partial charge is 0.0174 e. The molecule has 1 nitrogen and oxygen atoms in total. The highest BCUT2D eigenvalue weighted by Crippen LogP contribution is 2.19. The molecule has 0 amide bonds. The van der Waals surface area contributed by atoms with Crippen LogP contribution >= 0.6 is 0 Å². The number of piperidine rings is 1. The molecule has 0 radical (unpaired) electrons. The zero-order valence-corrected chi connectivity index (χ0v) is 9.89. The number of allylic oxidation sites excluding steroid dienone is 2. The first-order valence-electron chi connectivity index (χ1n) is 6.32. The molecule has 1 saturated heterocycles. The lowest BCUT2D eigenvalue weighted by Gasteiger charge is -2.31. The Kier molecular flexibility index (Phi) is 5.74. The molecule has 82 valence electrons. The number of hydrogen-bond acceptors (Lipinski definition) is 1. The second kappa shape index (κ2) is 6.92. The Balaban J connectivity index is 2.43. The van der Waals surface area contributed by atoms with Gasteiger partial charge in [0.05, 0.1) is 0 Å². The molecule has 0 bridgehead atoms. The highest BCUT2D eigenvalue weighted by Gasteiger charge is 2.11. The molecule has 1 heterocycles. The molecular formula is C13H25N. The van der Waals surface area contributed by atoms with Crippen molar-refractivity contribution in [2.75, 3.05) is 13.1 Å². The summed E-state index contributed by atoms with van der Waals surface area (Å²) in [6.07, 6.45) is 11.8. The van der Waals surface area contributed by atoms with E-state index in [0.29, 0.717) is 0 Å². The van der Waals surface area contributed by atoms with Crippen LogP contribution in [-0.4, -0.2) is 18.0 Å². The Labute approximate surface area is 89.2 Å². The van der Waals surface area contributed by atoms with Gasteiger partial charge in [-0.25, -0.2) is 0 Å². The third-order valence-corrected chi connectivity index (χ3v) is 2.99. The van der Waals surface area contributed by atoms with Gasteiger partial charge in [0.25, 0.3) is 0 Å². The van der Waals surface area contributed by atoms with E-state index in [1.54, 1.807) is 5.70 Å². The zero-order chi connectivity index (χ0) is 10.2. The second-order valence-electron chi connectivity index (χ2n) is 4.25. The average molecular weight is 195 g/mol. The zero-order valence-electron chi connectivity index (χ0n) is 9.89. The molecule has 0 aliphatic carbocycles. The lowest BCUT2D eigenvalue weighted by atomic mass is 10.1. The molecule has 1 heteroatoms. The summed E-state index contributed by atoms with van der Waals surface area (Å²) in [5.74, 6) is 0. The van der Waals surface area contributed by atoms with Crippen molar-refractivity contribution in [2.45, 2.75) is 58.8 Å². The van der Waals surface area contributed by atoms with Crippen molar-refractivity contribution in [1.29, 1.82) is 0 Å². The fourth-order valence-corrected chi connectivity index (χ4v) is 2.16. The summed E-state index contributed by atoms with van der Waals surface area (Å²) in [5.41, 5.74) is 1.62. The first kappa shape index (κ1) is 11.6. The van der Waals surface area contributed by atoms with Crippen molar-refractivity contribution >= 4 is 0 Å². The lowest BCUT2D eigenvalue weighted by molar-refractivity contribution is 0.274. The topological polar surface area (TPSA) is 3.24 Å². The van der Waals surface area contributed by atoms with Crippen LogP contribution in [0.15, 0.2) is 11.8 Å². The third-order valence-electron chi connectivity index (χ3n) is 2.99. The first-order chi connectivity index (χ1) is 6.88. The summed E-state index contributed by atoms with van der Waals surface area (Å²) in [5, 5.41) is 0. The normalized spacial score (nSPS) is 18.7. The van der Waals surface area contributed by atoms with Gasteiger partial charge in [-0.2, -0.15) is 0 Å². The summed E-state index contributed by atoms with van der Waals surface area (Å²) < 4.78 is 0. The highest BCUT2D eigenvalue weighted by atomic mass is 15.1. The van der Waals surface area contributed by atoms with Crippen LogP contribution in [0, 0.1) is 0 Å². The molecule has 0 aromatic rings. The maximum Gasteiger partial charge on any atom is 0.0174 e. The van der Waals surface area contributed by atoms with E-state index in [9.17, 15) is 0 Å². The van der Waals surface area contributed by atoms with Gasteiger partial charge in [-0.1, -0.05) is 26.3 Å². The Morgan fingerprint density at radius 1 is 1.14 bits per heavy atom. The molecule has 0 unspecified atom stereocenters. The Morgan fingerprint density at radius 2 is 1.86 bits per heavy atom. The molecule has 0 aromatic carbocycles. The summed E-state index contributed by atoms with van der Waals surface area (Å²) in [4.78, 5) is 2.61. The Hall–Kier alpha value is -0.460. The molecule has 0 N–H and O–H groups in total. The quantitative estimate of drug-likeness (QED) is 0.642. The second-order valence-corrected chi connectivity index (χ2v) is 4.25. The van der Waals surface area contributed by atoms with Crippen molar-refractivity contribution in [3.63, 3.8) is 0 Å². The predicted octanol–water partition coefficient (Wildman–Crippen LogP) is 3.96. The minimum Gasteiger partial charge on any atom is -0.375 e. The van der Waals surface area contributed by atoms with Crippen LogP contribution in [0.25, 0.3) is 0 Å². The molecule has 0 atom stereocenters. The SMILES string of the molecule is CCC=C(CCCC)N1CCCCC1. The van der Waals surface area contributed by atoms with Crippen LogP contribution in [0.1, 0.15) is 58.8 Å². The van der Waals surface area contributed by atoms with E-state index in [1.165, 1.54) is 58.0 Å². The maximum atomic E-state index is 2.61. The van der Waals surface area contributed by atoms with Gasteiger partial charge in [-0.3, -0.25) is 0 Å². The van der Waals surface area contributed by atoms with Gasteiger partial charge in [0, 0.05) is 18.8 Å². The maximum absolute atomic E-state index is 2.61. The van der Waals surface area contributed by atoms with Crippen LogP contribution in [0.2, 0.25) is 0 Å². The summed E-state index contributed by atoms with van der Waals surface area (Å²) in [7, 11) is 0. The number of rotatable bonds is 5. The van der Waals surface area contributed by atoms with E-state index < -0.39 is 0 Å². The lowest BCUT2D eigenvalue weighted by Crippen LogP contribution is -2.29. The van der Waals surface area contributed by atoms with E-state index >= 15 is 0 Å². The van der Waals surface area contributed by atoms with Gasteiger partial charge in [0.1, 0.15) is 0 Å². The molecule has 1 aliphatic rings. The summed E-state index contributed by atoms with van der Waals surface area (Å²) >= 11 is 0. The van der Waals surface area contributed by atoms with Gasteiger partial charge >= 0.3 is 0 Å². The van der Waals surface area contributed by atoms with Gasteiger partial charge < -0.3 is 4.90 Å². The van der Waals surface area contributed by atoms with E-state index in [4.69, 9.17) is 0 Å². The largest absolute Gasteiger partial charge is 0.375 e. The number of unbranched alkanes of at least 4 members (excludes halogenated alkanes) is 1. The van der Waals surface area contributed by atoms with E-state index in [-0.39, 0.29) is 0 Å². The number of nitrogens with zero attached hydrogens (tertiary/aromatic N) is 1. The van der Waals surface area contributed by atoms with Gasteiger partial charge in [0.2, 0.25) is 0 Å². The van der Waals surface area contributed by atoms with Crippen LogP contribution in [0.5, 0.6) is 0 Å². The number of hydrogen-bond donors (Lipinski definition) is 0. The molecule has 0 aromatic heterocycles. The van der Waals surface area contributed by atoms with E-state index in [1.807, 2.05) is 0 Å². The van der Waals surface area contributed by atoms with Gasteiger partial charge in [-0.05, 0) is 38.5 Å². The fraction of sp³-hybridized carbons (Fsp3) is 0.846. The molecule has 1 aliphatic heterocycles. The first-order valence-corrected chi connectivity index (χ1v) is 6.32. The highest BCUT2D eigenvalue weighted by molar-refractivity contribution is 5.01. The predicted molar refractivity (Wildman–Crippen MR) is 63.3 cm³/mol. The van der Waals surface area contributed by atoms with E-state index in [2.05, 4.69) is 24.8 Å². The molecule has 0 spiro atoms. The number of likely N-dealkylation sites (tertiary alicyclic amines) is 1. The van der Waals surface area contributed by atoms with Crippen LogP contribution in [0.4, 0.5) is 0 Å². The third kappa shape index (κ3) is 3.73. The van der Waals surface area contributed by atoms with Crippen molar-refractivity contribution in [3.05, 3.63) is 11.8 Å². The van der Waals surface area contributed by atoms with Crippen molar-refractivity contribution in [3.8, 4) is 0 Å². The molecule has 1 rings (SSSR count). The van der Waals surface area contributed by atoms with Crippen molar-refractivity contribution in [2.24, 2.45) is 0 Å². The molecular weight excluding hydrogens is 170 g/mol. The Morgan fingerprint density at radius 3 is 2.43 bits per heavy atom. The molecule has 14 heavy (non-hydrogen) atoms. The fourth-order valence-electron chi connectivity index (χ4n) is 2.16. The van der Waals surface area contributed by atoms with E-state index in [0.717, 1.165) is 0 Å². The minimum atomic E-state index is 1.19. The van der Waals surface area contributed by atoms with Gasteiger partial charge in [-0.15, -0.1) is 0 Å².